The quantitative estimate of drug-likeness (QED) is 0.610. The van der Waals surface area contributed by atoms with Gasteiger partial charge in [-0.3, -0.25) is 19.4 Å². The number of nitrogens with one attached hydrogen (secondary N) is 1. The van der Waals surface area contributed by atoms with E-state index in [-0.39, 0.29) is 5.91 Å². The number of hydrogen-bond donors (Lipinski definition) is 1. The molecule has 0 fully saturated rings. The Hall–Kier alpha value is -2.99. The van der Waals surface area contributed by atoms with Gasteiger partial charge in [-0.1, -0.05) is 50.2 Å². The molecule has 0 atom stereocenters. The number of aryl methyl sites for hydroxylation is 2. The van der Waals surface area contributed by atoms with Gasteiger partial charge in [0.2, 0.25) is 0 Å². The van der Waals surface area contributed by atoms with Crippen molar-refractivity contribution in [1.29, 1.82) is 0 Å². The van der Waals surface area contributed by atoms with Crippen LogP contribution in [0.4, 0.5) is 0 Å². The van der Waals surface area contributed by atoms with E-state index >= 15 is 0 Å². The molecular weight excluding hydrogens is 386 g/mol. The second-order valence-corrected chi connectivity index (χ2v) is 8.62. The highest BCUT2D eigenvalue weighted by molar-refractivity contribution is 5.94. The average molecular weight is 418 g/mol. The first-order valence-electron chi connectivity index (χ1n) is 11.1. The molecule has 0 aliphatic carbocycles. The van der Waals surface area contributed by atoms with Crippen LogP contribution in [0.2, 0.25) is 0 Å². The third kappa shape index (κ3) is 5.39. The van der Waals surface area contributed by atoms with Gasteiger partial charge in [0, 0.05) is 50.1 Å². The van der Waals surface area contributed by atoms with E-state index in [0.29, 0.717) is 18.2 Å². The SMILES string of the molecule is CC(C)CN1CCc2c(c(C(=O)NCc3ccccn3)nn2CCc2ccccc2)C1. The third-order valence-corrected chi connectivity index (χ3v) is 5.66. The highest BCUT2D eigenvalue weighted by Gasteiger charge is 2.28. The van der Waals surface area contributed by atoms with Gasteiger partial charge >= 0.3 is 0 Å². The maximum absolute atomic E-state index is 13.1. The van der Waals surface area contributed by atoms with E-state index in [1.165, 1.54) is 11.3 Å². The zero-order chi connectivity index (χ0) is 21.6. The van der Waals surface area contributed by atoms with E-state index in [0.717, 1.165) is 50.3 Å². The van der Waals surface area contributed by atoms with Crippen LogP contribution < -0.4 is 5.32 Å². The molecule has 1 aliphatic heterocycles. The summed E-state index contributed by atoms with van der Waals surface area (Å²) in [6.45, 7) is 8.48. The number of pyridine rings is 1. The first kappa shape index (κ1) is 21.2. The number of benzene rings is 1. The lowest BCUT2D eigenvalue weighted by Crippen LogP contribution is -2.35. The van der Waals surface area contributed by atoms with Gasteiger partial charge in [-0.2, -0.15) is 5.10 Å². The predicted molar refractivity (Wildman–Crippen MR) is 122 cm³/mol. The number of fused-ring (bicyclic) bond motifs is 1. The Morgan fingerprint density at radius 2 is 1.94 bits per heavy atom. The van der Waals surface area contributed by atoms with E-state index in [1.807, 2.05) is 24.3 Å². The molecular formula is C25H31N5O. The fraction of sp³-hybridized carbons (Fsp3) is 0.400. The topological polar surface area (TPSA) is 63.1 Å². The number of nitrogens with zero attached hydrogens (tertiary/aromatic N) is 4. The average Bonchev–Trinajstić information content (AvgIpc) is 3.15. The van der Waals surface area contributed by atoms with Crippen LogP contribution in [-0.4, -0.2) is 38.7 Å². The number of carbonyl (C=O) groups excluding carboxylic acids is 1. The van der Waals surface area contributed by atoms with Gasteiger partial charge in [0.25, 0.3) is 5.91 Å². The fourth-order valence-corrected chi connectivity index (χ4v) is 4.22. The summed E-state index contributed by atoms with van der Waals surface area (Å²) in [5, 5.41) is 7.80. The van der Waals surface area contributed by atoms with Crippen LogP contribution in [0.1, 0.15) is 46.9 Å². The van der Waals surface area contributed by atoms with Gasteiger partial charge in [0.05, 0.1) is 12.2 Å². The van der Waals surface area contributed by atoms with Gasteiger partial charge in [-0.05, 0) is 30.0 Å². The van der Waals surface area contributed by atoms with Crippen molar-refractivity contribution in [3.8, 4) is 0 Å². The van der Waals surface area contributed by atoms with Crippen molar-refractivity contribution in [3.05, 3.63) is 82.9 Å². The smallest absolute Gasteiger partial charge is 0.272 e. The summed E-state index contributed by atoms with van der Waals surface area (Å²) >= 11 is 0. The molecule has 3 aromatic rings. The second-order valence-electron chi connectivity index (χ2n) is 8.62. The van der Waals surface area contributed by atoms with Crippen molar-refractivity contribution < 1.29 is 4.79 Å². The maximum Gasteiger partial charge on any atom is 0.272 e. The van der Waals surface area contributed by atoms with Crippen LogP contribution in [0.5, 0.6) is 0 Å². The highest BCUT2D eigenvalue weighted by atomic mass is 16.2. The standard InChI is InChI=1S/C25H31N5O/c1-19(2)17-29-14-12-23-22(18-29)24(25(31)27-16-21-10-6-7-13-26-21)28-30(23)15-11-20-8-4-3-5-9-20/h3-10,13,19H,11-12,14-18H2,1-2H3,(H,27,31). The van der Waals surface area contributed by atoms with Gasteiger partial charge in [0.1, 0.15) is 0 Å². The van der Waals surface area contributed by atoms with E-state index in [1.54, 1.807) is 6.20 Å². The molecule has 1 aromatic carbocycles. The van der Waals surface area contributed by atoms with Crippen molar-refractivity contribution in [3.63, 3.8) is 0 Å². The lowest BCUT2D eigenvalue weighted by molar-refractivity contribution is 0.0942. The minimum absolute atomic E-state index is 0.119. The molecule has 2 aromatic heterocycles. The Bertz CT molecular complexity index is 998. The van der Waals surface area contributed by atoms with Crippen LogP contribution in [0.15, 0.2) is 54.7 Å². The summed E-state index contributed by atoms with van der Waals surface area (Å²) in [4.78, 5) is 19.8. The van der Waals surface area contributed by atoms with Crippen LogP contribution in [-0.2, 0) is 32.5 Å². The Balaban J connectivity index is 1.54. The van der Waals surface area contributed by atoms with Crippen LogP contribution in [0.3, 0.4) is 0 Å². The predicted octanol–water partition coefficient (Wildman–Crippen LogP) is 3.46. The van der Waals surface area contributed by atoms with Gasteiger partial charge in [0.15, 0.2) is 5.69 Å². The number of aromatic nitrogens is 3. The summed E-state index contributed by atoms with van der Waals surface area (Å²) in [5.74, 6) is 0.475. The number of carbonyl (C=O) groups is 1. The van der Waals surface area contributed by atoms with Crippen LogP contribution in [0, 0.1) is 5.92 Å². The van der Waals surface area contributed by atoms with Gasteiger partial charge in [-0.25, -0.2) is 0 Å². The minimum Gasteiger partial charge on any atom is -0.345 e. The summed E-state index contributed by atoms with van der Waals surface area (Å²) in [7, 11) is 0. The van der Waals surface area contributed by atoms with Crippen molar-refractivity contribution in [2.24, 2.45) is 5.92 Å². The van der Waals surface area contributed by atoms with Crippen LogP contribution in [0.25, 0.3) is 0 Å². The zero-order valence-electron chi connectivity index (χ0n) is 18.4. The largest absolute Gasteiger partial charge is 0.345 e. The summed E-state index contributed by atoms with van der Waals surface area (Å²) in [6, 6.07) is 16.2. The zero-order valence-corrected chi connectivity index (χ0v) is 18.4. The molecule has 0 saturated heterocycles. The summed E-state index contributed by atoms with van der Waals surface area (Å²) in [6.07, 6.45) is 3.57. The molecule has 6 nitrogen and oxygen atoms in total. The second kappa shape index (κ2) is 9.88. The monoisotopic (exact) mass is 417 g/mol. The molecule has 1 N–H and O–H groups in total. The molecule has 0 saturated carbocycles. The molecule has 162 valence electrons. The Morgan fingerprint density at radius 1 is 1.13 bits per heavy atom. The highest BCUT2D eigenvalue weighted by Crippen LogP contribution is 2.24. The molecule has 0 unspecified atom stereocenters. The molecule has 1 aliphatic rings. The van der Waals surface area contributed by atoms with E-state index in [9.17, 15) is 4.79 Å². The molecule has 0 spiro atoms. The fourth-order valence-electron chi connectivity index (χ4n) is 4.22. The van der Waals surface area contributed by atoms with Crippen molar-refractivity contribution in [1.82, 2.24) is 25.0 Å². The molecule has 6 heteroatoms. The number of hydrogen-bond acceptors (Lipinski definition) is 4. The Labute approximate surface area is 184 Å². The Morgan fingerprint density at radius 3 is 2.68 bits per heavy atom. The first-order chi connectivity index (χ1) is 15.1. The lowest BCUT2D eigenvalue weighted by Gasteiger charge is -2.29. The first-order valence-corrected chi connectivity index (χ1v) is 11.1. The number of rotatable bonds is 8. The third-order valence-electron chi connectivity index (χ3n) is 5.66. The van der Waals surface area contributed by atoms with E-state index in [2.05, 4.69) is 58.0 Å². The molecule has 3 heterocycles. The van der Waals surface area contributed by atoms with Crippen molar-refractivity contribution >= 4 is 5.91 Å². The maximum atomic E-state index is 13.1. The molecule has 4 rings (SSSR count). The molecule has 0 radical (unpaired) electrons. The van der Waals surface area contributed by atoms with E-state index < -0.39 is 0 Å². The van der Waals surface area contributed by atoms with Crippen LogP contribution >= 0.6 is 0 Å². The van der Waals surface area contributed by atoms with Gasteiger partial charge < -0.3 is 5.32 Å². The molecule has 0 bridgehead atoms. The molecule has 31 heavy (non-hydrogen) atoms. The summed E-state index contributed by atoms with van der Waals surface area (Å²) in [5.41, 5.74) is 4.98. The summed E-state index contributed by atoms with van der Waals surface area (Å²) < 4.78 is 2.06. The normalized spacial score (nSPS) is 13.9. The van der Waals surface area contributed by atoms with Crippen molar-refractivity contribution in [2.45, 2.75) is 46.3 Å². The molecule has 1 amide bonds. The lowest BCUT2D eigenvalue weighted by atomic mass is 10.0. The van der Waals surface area contributed by atoms with Gasteiger partial charge in [-0.15, -0.1) is 0 Å². The minimum atomic E-state index is -0.119. The Kier molecular flexibility index (Phi) is 6.77. The number of amides is 1. The van der Waals surface area contributed by atoms with E-state index in [4.69, 9.17) is 5.10 Å². The van der Waals surface area contributed by atoms with Crippen molar-refractivity contribution in [2.75, 3.05) is 13.1 Å².